The third-order valence-electron chi connectivity index (χ3n) is 4.05. The van der Waals surface area contributed by atoms with Gasteiger partial charge in [-0.1, -0.05) is 11.3 Å². The molecule has 0 saturated carbocycles. The fourth-order valence-electron chi connectivity index (χ4n) is 2.71. The number of furan rings is 1. The van der Waals surface area contributed by atoms with E-state index in [4.69, 9.17) is 4.42 Å². The Morgan fingerprint density at radius 1 is 1.27 bits per heavy atom. The van der Waals surface area contributed by atoms with E-state index in [0.717, 1.165) is 10.6 Å². The zero-order valence-electron chi connectivity index (χ0n) is 13.5. The number of aromatic amines is 1. The smallest absolute Gasteiger partial charge is 0.260 e. The van der Waals surface area contributed by atoms with E-state index in [2.05, 4.69) is 15.3 Å². The molecule has 0 radical (unpaired) electrons. The minimum Gasteiger partial charge on any atom is -0.472 e. The molecule has 9 heteroatoms. The van der Waals surface area contributed by atoms with Gasteiger partial charge in [0.1, 0.15) is 6.26 Å². The molecule has 4 heterocycles. The van der Waals surface area contributed by atoms with Crippen molar-refractivity contribution in [2.45, 2.75) is 13.0 Å². The van der Waals surface area contributed by atoms with Crippen LogP contribution in [0.25, 0.3) is 0 Å². The molecule has 1 aliphatic heterocycles. The lowest BCUT2D eigenvalue weighted by Crippen LogP contribution is -2.35. The fourth-order valence-corrected chi connectivity index (χ4v) is 3.73. The van der Waals surface area contributed by atoms with Gasteiger partial charge in [0, 0.05) is 30.1 Å². The summed E-state index contributed by atoms with van der Waals surface area (Å²) >= 11 is 1.35. The quantitative estimate of drug-likeness (QED) is 0.732. The third-order valence-corrected chi connectivity index (χ3v) is 5.05. The van der Waals surface area contributed by atoms with Crippen molar-refractivity contribution in [1.82, 2.24) is 14.9 Å². The van der Waals surface area contributed by atoms with Crippen molar-refractivity contribution in [3.63, 3.8) is 0 Å². The molecule has 0 aliphatic carbocycles. The van der Waals surface area contributed by atoms with Gasteiger partial charge in [-0.15, -0.1) is 0 Å². The van der Waals surface area contributed by atoms with E-state index < -0.39 is 0 Å². The van der Waals surface area contributed by atoms with Crippen molar-refractivity contribution >= 4 is 28.3 Å². The lowest BCUT2D eigenvalue weighted by molar-refractivity contribution is 0.0735. The largest absolute Gasteiger partial charge is 0.472 e. The van der Waals surface area contributed by atoms with E-state index in [1.165, 1.54) is 42.2 Å². The van der Waals surface area contributed by atoms with Crippen LogP contribution in [0.4, 0.5) is 5.13 Å². The van der Waals surface area contributed by atoms with Crippen molar-refractivity contribution in [3.8, 4) is 0 Å². The summed E-state index contributed by atoms with van der Waals surface area (Å²) in [7, 11) is 0. The molecule has 8 nitrogen and oxygen atoms in total. The van der Waals surface area contributed by atoms with Gasteiger partial charge in [0.25, 0.3) is 11.8 Å². The van der Waals surface area contributed by atoms with E-state index in [1.54, 1.807) is 11.0 Å². The summed E-state index contributed by atoms with van der Waals surface area (Å²) < 4.78 is 4.90. The molecular formula is C17H14N4O4S. The molecule has 3 aromatic rings. The number of rotatable bonds is 3. The molecular weight excluding hydrogens is 356 g/mol. The number of amides is 2. The van der Waals surface area contributed by atoms with Crippen LogP contribution in [0.3, 0.4) is 0 Å². The molecule has 2 N–H and O–H groups in total. The summed E-state index contributed by atoms with van der Waals surface area (Å²) in [6.07, 6.45) is 4.83. The van der Waals surface area contributed by atoms with Gasteiger partial charge in [-0.3, -0.25) is 19.7 Å². The second kappa shape index (κ2) is 6.60. The topological polar surface area (TPSA) is 108 Å². The molecule has 0 unspecified atom stereocenters. The maximum absolute atomic E-state index is 12.6. The Bertz CT molecular complexity index is 1000. The maximum atomic E-state index is 12.6. The molecule has 0 bridgehead atoms. The second-order valence-corrected chi connectivity index (χ2v) is 6.86. The lowest BCUT2D eigenvalue weighted by Gasteiger charge is -2.26. The molecule has 132 valence electrons. The Hall–Kier alpha value is -3.20. The molecule has 26 heavy (non-hydrogen) atoms. The fraction of sp³-hybridized carbons (Fsp3) is 0.176. The molecule has 0 spiro atoms. The van der Waals surface area contributed by atoms with Crippen molar-refractivity contribution in [1.29, 1.82) is 0 Å². The number of H-pyrrole nitrogens is 1. The molecule has 0 aromatic carbocycles. The summed E-state index contributed by atoms with van der Waals surface area (Å²) in [6, 6.07) is 4.42. The van der Waals surface area contributed by atoms with Gasteiger partial charge in [-0.2, -0.15) is 0 Å². The van der Waals surface area contributed by atoms with Crippen LogP contribution in [0.5, 0.6) is 0 Å². The highest BCUT2D eigenvalue weighted by molar-refractivity contribution is 7.15. The predicted molar refractivity (Wildman–Crippen MR) is 94.3 cm³/mol. The first kappa shape index (κ1) is 16.3. The van der Waals surface area contributed by atoms with E-state index in [0.29, 0.717) is 35.8 Å². The molecule has 2 amide bonds. The Labute approximate surface area is 151 Å². The van der Waals surface area contributed by atoms with Crippen molar-refractivity contribution in [3.05, 3.63) is 69.0 Å². The highest BCUT2D eigenvalue weighted by Gasteiger charge is 2.25. The van der Waals surface area contributed by atoms with Crippen LogP contribution >= 0.6 is 11.3 Å². The maximum Gasteiger partial charge on any atom is 0.260 e. The van der Waals surface area contributed by atoms with Gasteiger partial charge in [0.15, 0.2) is 5.13 Å². The van der Waals surface area contributed by atoms with Crippen LogP contribution in [-0.2, 0) is 13.0 Å². The van der Waals surface area contributed by atoms with Gasteiger partial charge >= 0.3 is 0 Å². The van der Waals surface area contributed by atoms with Crippen molar-refractivity contribution < 1.29 is 14.0 Å². The molecule has 4 rings (SSSR count). The number of carbonyl (C=O) groups excluding carboxylic acids is 2. The number of nitrogens with zero attached hydrogens (tertiary/aromatic N) is 2. The van der Waals surface area contributed by atoms with Crippen LogP contribution in [0, 0.1) is 0 Å². The zero-order valence-corrected chi connectivity index (χ0v) is 14.3. The number of thiazole rings is 1. The van der Waals surface area contributed by atoms with Crippen LogP contribution in [0.1, 0.15) is 31.3 Å². The summed E-state index contributed by atoms with van der Waals surface area (Å²) in [4.78, 5) is 45.4. The van der Waals surface area contributed by atoms with E-state index in [9.17, 15) is 14.4 Å². The van der Waals surface area contributed by atoms with Gasteiger partial charge in [0.2, 0.25) is 5.56 Å². The molecule has 0 fully saturated rings. The monoisotopic (exact) mass is 370 g/mol. The first-order valence-electron chi connectivity index (χ1n) is 7.90. The zero-order chi connectivity index (χ0) is 18.1. The first-order valence-corrected chi connectivity index (χ1v) is 8.72. The first-order chi connectivity index (χ1) is 12.6. The number of anilines is 1. The number of hydrogen-bond acceptors (Lipinski definition) is 6. The van der Waals surface area contributed by atoms with Crippen molar-refractivity contribution in [2.75, 3.05) is 11.9 Å². The summed E-state index contributed by atoms with van der Waals surface area (Å²) in [5, 5.41) is 3.25. The summed E-state index contributed by atoms with van der Waals surface area (Å²) in [5.74, 6) is -0.435. The van der Waals surface area contributed by atoms with Gasteiger partial charge in [0.05, 0.1) is 29.6 Å². The van der Waals surface area contributed by atoms with E-state index in [1.807, 2.05) is 0 Å². The molecule has 0 atom stereocenters. The summed E-state index contributed by atoms with van der Waals surface area (Å²) in [6.45, 7) is 0.955. The van der Waals surface area contributed by atoms with Crippen LogP contribution in [-0.4, -0.2) is 33.2 Å². The highest BCUT2D eigenvalue weighted by Crippen LogP contribution is 2.29. The minimum atomic E-state index is -0.286. The average Bonchev–Trinajstić information content (AvgIpc) is 3.30. The van der Waals surface area contributed by atoms with Crippen LogP contribution in [0.15, 0.2) is 46.1 Å². The van der Waals surface area contributed by atoms with E-state index in [-0.39, 0.29) is 17.4 Å². The minimum absolute atomic E-state index is 0.149. The van der Waals surface area contributed by atoms with Crippen LogP contribution in [0.2, 0.25) is 0 Å². The number of pyridine rings is 1. The normalized spacial score (nSPS) is 13.3. The Morgan fingerprint density at radius 3 is 2.88 bits per heavy atom. The number of hydrogen-bond donors (Lipinski definition) is 2. The highest BCUT2D eigenvalue weighted by atomic mass is 32.1. The van der Waals surface area contributed by atoms with E-state index >= 15 is 0 Å². The third kappa shape index (κ3) is 3.16. The van der Waals surface area contributed by atoms with Gasteiger partial charge in [-0.05, 0) is 12.1 Å². The van der Waals surface area contributed by atoms with Crippen molar-refractivity contribution in [2.24, 2.45) is 0 Å². The second-order valence-electron chi connectivity index (χ2n) is 5.77. The Morgan fingerprint density at radius 2 is 2.15 bits per heavy atom. The number of nitrogens with one attached hydrogen (secondary N) is 2. The van der Waals surface area contributed by atoms with Crippen LogP contribution < -0.4 is 10.9 Å². The Kier molecular flexibility index (Phi) is 4.13. The number of fused-ring (bicyclic) bond motifs is 1. The van der Waals surface area contributed by atoms with Gasteiger partial charge in [-0.25, -0.2) is 4.98 Å². The standard InChI is InChI=1S/C17H14N4O4S/c22-14-2-1-10(7-18-14)16(24)21-5-3-12-13(8-21)26-17(19-12)20-15(23)11-4-6-25-9-11/h1-2,4,6-7,9H,3,5,8H2,(H,18,22)(H,19,20,23). The lowest BCUT2D eigenvalue weighted by atomic mass is 10.1. The SMILES string of the molecule is O=C(Nc1nc2c(s1)CN(C(=O)c1ccc(=O)[nH]c1)CC2)c1ccoc1. The molecule has 0 saturated heterocycles. The molecule has 1 aliphatic rings. The predicted octanol–water partition coefficient (Wildman–Crippen LogP) is 1.88. The Balaban J connectivity index is 1.48. The summed E-state index contributed by atoms with van der Waals surface area (Å²) in [5.41, 5.74) is 1.50. The average molecular weight is 370 g/mol. The number of aromatic nitrogens is 2. The number of carbonyl (C=O) groups is 2. The van der Waals surface area contributed by atoms with Gasteiger partial charge < -0.3 is 14.3 Å². The molecule has 3 aromatic heterocycles.